The monoisotopic (exact) mass is 531 g/mol. The van der Waals surface area contributed by atoms with Crippen LogP contribution in [-0.2, 0) is 22.6 Å². The van der Waals surface area contributed by atoms with Crippen molar-refractivity contribution in [2.75, 3.05) is 66.1 Å². The van der Waals surface area contributed by atoms with Crippen molar-refractivity contribution in [3.8, 4) is 0 Å². The first-order valence-electron chi connectivity index (χ1n) is 10.4. The zero-order valence-electron chi connectivity index (χ0n) is 18.0. The second kappa shape index (κ2) is 13.0. The van der Waals surface area contributed by atoms with Crippen molar-refractivity contribution < 1.29 is 14.3 Å². The predicted octanol–water partition coefficient (Wildman–Crippen LogP) is 1.99. The molecule has 0 aromatic heterocycles. The Morgan fingerprint density at radius 2 is 1.63 bits per heavy atom. The third kappa shape index (κ3) is 7.28. The van der Waals surface area contributed by atoms with E-state index in [-0.39, 0.29) is 30.1 Å². The van der Waals surface area contributed by atoms with Crippen LogP contribution in [0, 0.1) is 0 Å². The van der Waals surface area contributed by atoms with E-state index >= 15 is 0 Å². The first-order chi connectivity index (χ1) is 14.2. The molecule has 2 fully saturated rings. The van der Waals surface area contributed by atoms with Gasteiger partial charge in [-0.3, -0.25) is 9.89 Å². The molecule has 1 aromatic carbocycles. The Kier molecular flexibility index (Phi) is 10.7. The molecular formula is C21H34IN5O3. The number of nitrogens with zero attached hydrogens (tertiary/aromatic N) is 4. The molecule has 30 heavy (non-hydrogen) atoms. The average molecular weight is 531 g/mol. The smallest absolute Gasteiger partial charge is 0.409 e. The third-order valence-electron chi connectivity index (χ3n) is 5.30. The number of amides is 1. The molecule has 3 rings (SSSR count). The van der Waals surface area contributed by atoms with Crippen LogP contribution in [0.5, 0.6) is 0 Å². The largest absolute Gasteiger partial charge is 0.450 e. The Balaban J connectivity index is 0.00000320. The van der Waals surface area contributed by atoms with Crippen molar-refractivity contribution in [3.63, 3.8) is 0 Å². The van der Waals surface area contributed by atoms with Crippen molar-refractivity contribution in [2.45, 2.75) is 20.0 Å². The standard InChI is InChI=1S/C21H33N5O3.HI/c1-3-29-21(27)26-10-8-25(9-11-26)20(22-2)23-16-18-4-6-19(7-5-18)17-24-12-14-28-15-13-24;/h4-7H,3,8-17H2,1-2H3,(H,22,23);1H. The fourth-order valence-electron chi connectivity index (χ4n) is 3.61. The number of carbonyl (C=O) groups is 1. The van der Waals surface area contributed by atoms with Gasteiger partial charge in [0.25, 0.3) is 0 Å². The number of rotatable bonds is 5. The molecule has 0 saturated carbocycles. The van der Waals surface area contributed by atoms with Crippen molar-refractivity contribution in [1.82, 2.24) is 20.0 Å². The molecule has 1 aromatic rings. The van der Waals surface area contributed by atoms with Crippen LogP contribution < -0.4 is 5.32 Å². The van der Waals surface area contributed by atoms with Crippen molar-refractivity contribution >= 4 is 36.0 Å². The summed E-state index contributed by atoms with van der Waals surface area (Å²) >= 11 is 0. The maximum Gasteiger partial charge on any atom is 0.409 e. The molecule has 0 unspecified atom stereocenters. The van der Waals surface area contributed by atoms with Crippen molar-refractivity contribution in [1.29, 1.82) is 0 Å². The van der Waals surface area contributed by atoms with Gasteiger partial charge in [-0.25, -0.2) is 4.79 Å². The summed E-state index contributed by atoms with van der Waals surface area (Å²) in [5, 5.41) is 3.44. The first kappa shape index (κ1) is 24.7. The van der Waals surface area contributed by atoms with Crippen LogP contribution in [0.15, 0.2) is 29.3 Å². The van der Waals surface area contributed by atoms with Crippen LogP contribution in [0.25, 0.3) is 0 Å². The van der Waals surface area contributed by atoms with E-state index in [0.29, 0.717) is 19.7 Å². The van der Waals surface area contributed by atoms with E-state index in [0.717, 1.165) is 58.4 Å². The van der Waals surface area contributed by atoms with Crippen molar-refractivity contribution in [2.24, 2.45) is 4.99 Å². The van der Waals surface area contributed by atoms with Gasteiger partial charge in [-0.05, 0) is 18.1 Å². The Bertz CT molecular complexity index is 672. The lowest BCUT2D eigenvalue weighted by molar-refractivity contribution is 0.0342. The van der Waals surface area contributed by atoms with Crippen LogP contribution >= 0.6 is 24.0 Å². The Labute approximate surface area is 196 Å². The van der Waals surface area contributed by atoms with Gasteiger partial charge in [0, 0.05) is 59.4 Å². The van der Waals surface area contributed by atoms with E-state index in [1.807, 2.05) is 6.92 Å². The number of hydrogen-bond donors (Lipinski definition) is 1. The molecule has 0 aliphatic carbocycles. The molecule has 0 radical (unpaired) electrons. The average Bonchev–Trinajstić information content (AvgIpc) is 2.76. The molecule has 1 amide bonds. The fraction of sp³-hybridized carbons (Fsp3) is 0.619. The molecular weight excluding hydrogens is 497 g/mol. The minimum absolute atomic E-state index is 0. The molecule has 168 valence electrons. The molecule has 0 spiro atoms. The van der Waals surface area contributed by atoms with E-state index in [1.165, 1.54) is 11.1 Å². The zero-order valence-corrected chi connectivity index (χ0v) is 20.3. The predicted molar refractivity (Wildman–Crippen MR) is 128 cm³/mol. The Hall–Kier alpha value is -1.59. The van der Waals surface area contributed by atoms with Crippen LogP contribution in [-0.4, -0.2) is 92.9 Å². The van der Waals surface area contributed by atoms with Gasteiger partial charge in [0.05, 0.1) is 19.8 Å². The number of halogens is 1. The summed E-state index contributed by atoms with van der Waals surface area (Å²) in [6.45, 7) is 10.4. The van der Waals surface area contributed by atoms with Gasteiger partial charge >= 0.3 is 6.09 Å². The third-order valence-corrected chi connectivity index (χ3v) is 5.30. The number of nitrogens with one attached hydrogen (secondary N) is 1. The molecule has 2 aliphatic rings. The summed E-state index contributed by atoms with van der Waals surface area (Å²) in [5.41, 5.74) is 2.55. The van der Waals surface area contributed by atoms with Crippen LogP contribution in [0.4, 0.5) is 4.79 Å². The van der Waals surface area contributed by atoms with Gasteiger partial charge in [-0.1, -0.05) is 24.3 Å². The van der Waals surface area contributed by atoms with Crippen LogP contribution in [0.2, 0.25) is 0 Å². The molecule has 2 aliphatic heterocycles. The number of hydrogen-bond acceptors (Lipinski definition) is 5. The highest BCUT2D eigenvalue weighted by Gasteiger charge is 2.23. The highest BCUT2D eigenvalue weighted by molar-refractivity contribution is 14.0. The molecule has 2 heterocycles. The quantitative estimate of drug-likeness (QED) is 0.356. The van der Waals surface area contributed by atoms with Gasteiger partial charge in [0.15, 0.2) is 5.96 Å². The van der Waals surface area contributed by atoms with Gasteiger partial charge in [0.1, 0.15) is 0 Å². The lowest BCUT2D eigenvalue weighted by Gasteiger charge is -2.35. The van der Waals surface area contributed by atoms with E-state index in [4.69, 9.17) is 9.47 Å². The number of ether oxygens (including phenoxy) is 2. The van der Waals surface area contributed by atoms with E-state index < -0.39 is 0 Å². The van der Waals surface area contributed by atoms with Gasteiger partial charge in [-0.2, -0.15) is 0 Å². The number of morpholine rings is 1. The summed E-state index contributed by atoms with van der Waals surface area (Å²) in [6, 6.07) is 8.75. The van der Waals surface area contributed by atoms with Crippen LogP contribution in [0.3, 0.4) is 0 Å². The zero-order chi connectivity index (χ0) is 20.5. The second-order valence-electron chi connectivity index (χ2n) is 7.28. The molecule has 0 atom stereocenters. The van der Waals surface area contributed by atoms with Crippen LogP contribution in [0.1, 0.15) is 18.1 Å². The lowest BCUT2D eigenvalue weighted by atomic mass is 10.1. The number of piperazine rings is 1. The number of benzene rings is 1. The van der Waals surface area contributed by atoms with Gasteiger partial charge in [0.2, 0.25) is 0 Å². The molecule has 0 bridgehead atoms. The van der Waals surface area contributed by atoms with Gasteiger partial charge < -0.3 is 24.6 Å². The summed E-state index contributed by atoms with van der Waals surface area (Å²) < 4.78 is 10.5. The maximum atomic E-state index is 11.8. The summed E-state index contributed by atoms with van der Waals surface area (Å²) in [6.07, 6.45) is -0.229. The van der Waals surface area contributed by atoms with E-state index in [9.17, 15) is 4.79 Å². The maximum absolute atomic E-state index is 11.8. The highest BCUT2D eigenvalue weighted by Crippen LogP contribution is 2.10. The van der Waals surface area contributed by atoms with E-state index in [2.05, 4.69) is 44.4 Å². The second-order valence-corrected chi connectivity index (χ2v) is 7.28. The molecule has 9 heteroatoms. The normalized spacial score (nSPS) is 18.0. The lowest BCUT2D eigenvalue weighted by Crippen LogP contribution is -2.53. The fourth-order valence-corrected chi connectivity index (χ4v) is 3.61. The Morgan fingerprint density at radius 1 is 1.03 bits per heavy atom. The Morgan fingerprint density at radius 3 is 2.23 bits per heavy atom. The number of guanidine groups is 1. The summed E-state index contributed by atoms with van der Waals surface area (Å²) in [4.78, 5) is 22.6. The SMILES string of the molecule is CCOC(=O)N1CCN(C(=NC)NCc2ccc(CN3CCOCC3)cc2)CC1.I. The van der Waals surface area contributed by atoms with E-state index in [1.54, 1.807) is 11.9 Å². The summed E-state index contributed by atoms with van der Waals surface area (Å²) in [5.74, 6) is 0.867. The number of carbonyl (C=O) groups excluding carboxylic acids is 1. The van der Waals surface area contributed by atoms with Gasteiger partial charge in [-0.15, -0.1) is 24.0 Å². The number of aliphatic imine (C=N–C) groups is 1. The topological polar surface area (TPSA) is 69.6 Å². The molecule has 1 N–H and O–H groups in total. The summed E-state index contributed by atoms with van der Waals surface area (Å²) in [7, 11) is 1.80. The highest BCUT2D eigenvalue weighted by atomic mass is 127. The molecule has 2 saturated heterocycles. The minimum atomic E-state index is -0.229. The first-order valence-corrected chi connectivity index (χ1v) is 10.4. The van der Waals surface area contributed by atoms with Crippen molar-refractivity contribution in [3.05, 3.63) is 35.4 Å². The molecule has 8 nitrogen and oxygen atoms in total. The minimum Gasteiger partial charge on any atom is -0.450 e.